The van der Waals surface area contributed by atoms with E-state index in [1.54, 1.807) is 26.1 Å². The van der Waals surface area contributed by atoms with Crippen LogP contribution in [-0.4, -0.2) is 48.7 Å². The molecule has 2 heterocycles. The molecule has 0 unspecified atom stereocenters. The molecule has 4 rings (SSSR count). The number of benzene rings is 1. The lowest BCUT2D eigenvalue weighted by atomic mass is 9.96. The lowest BCUT2D eigenvalue weighted by Gasteiger charge is -2.30. The fourth-order valence-corrected chi connectivity index (χ4v) is 6.19. The van der Waals surface area contributed by atoms with E-state index in [0.29, 0.717) is 23.1 Å². The summed E-state index contributed by atoms with van der Waals surface area (Å²) in [6.07, 6.45) is 6.47. The Balaban J connectivity index is 1.31. The van der Waals surface area contributed by atoms with Gasteiger partial charge in [-0.1, -0.05) is 37.1 Å². The number of amides is 1. The summed E-state index contributed by atoms with van der Waals surface area (Å²) < 4.78 is 38.1. The molecule has 1 aromatic heterocycles. The maximum absolute atomic E-state index is 13.0. The van der Waals surface area contributed by atoms with E-state index in [9.17, 15) is 13.2 Å². The van der Waals surface area contributed by atoms with E-state index in [1.165, 1.54) is 28.7 Å². The van der Waals surface area contributed by atoms with Crippen LogP contribution in [0.2, 0.25) is 0 Å². The van der Waals surface area contributed by atoms with E-state index in [1.807, 2.05) is 18.2 Å². The molecule has 1 amide bonds. The molecule has 2 aromatic rings. The van der Waals surface area contributed by atoms with Crippen LogP contribution in [0.25, 0.3) is 0 Å². The van der Waals surface area contributed by atoms with Crippen molar-refractivity contribution in [2.24, 2.45) is 0 Å². The third kappa shape index (κ3) is 5.62. The average Bonchev–Trinajstić information content (AvgIpc) is 3.31. The van der Waals surface area contributed by atoms with Crippen LogP contribution in [0.1, 0.15) is 44.6 Å². The summed E-state index contributed by atoms with van der Waals surface area (Å²) in [6, 6.07) is 8.84. The van der Waals surface area contributed by atoms with Gasteiger partial charge in [0.15, 0.2) is 11.5 Å². The van der Waals surface area contributed by atoms with E-state index in [2.05, 4.69) is 10.3 Å². The van der Waals surface area contributed by atoms with Crippen LogP contribution in [0.5, 0.6) is 11.5 Å². The van der Waals surface area contributed by atoms with E-state index in [-0.39, 0.29) is 28.9 Å². The predicted molar refractivity (Wildman–Crippen MR) is 126 cm³/mol. The molecule has 0 bridgehead atoms. The first kappa shape index (κ1) is 23.8. The summed E-state index contributed by atoms with van der Waals surface area (Å²) in [6.45, 7) is 2.38. The number of hydrogen-bond acceptors (Lipinski definition) is 7. The molecule has 1 aliphatic carbocycles. The molecule has 1 fully saturated rings. The van der Waals surface area contributed by atoms with Crippen molar-refractivity contribution in [1.29, 1.82) is 0 Å². The van der Waals surface area contributed by atoms with Gasteiger partial charge in [-0.2, -0.15) is 4.31 Å². The van der Waals surface area contributed by atoms with Crippen LogP contribution in [0.4, 0.5) is 0 Å². The van der Waals surface area contributed by atoms with Crippen molar-refractivity contribution in [3.8, 4) is 11.5 Å². The Morgan fingerprint density at radius 1 is 1.18 bits per heavy atom. The van der Waals surface area contributed by atoms with Gasteiger partial charge in [-0.25, -0.2) is 13.4 Å². The van der Waals surface area contributed by atoms with Gasteiger partial charge in [0.25, 0.3) is 0 Å². The van der Waals surface area contributed by atoms with Gasteiger partial charge in [-0.15, -0.1) is 0 Å². The number of sulfonamides is 1. The monoisotopic (exact) mass is 491 g/mol. The Morgan fingerprint density at radius 3 is 2.67 bits per heavy atom. The molecule has 178 valence electrons. The summed E-state index contributed by atoms with van der Waals surface area (Å²) >= 11 is 1.29. The number of rotatable bonds is 8. The first-order valence-electron chi connectivity index (χ1n) is 11.1. The van der Waals surface area contributed by atoms with Crippen LogP contribution < -0.4 is 14.8 Å². The van der Waals surface area contributed by atoms with Crippen LogP contribution in [-0.2, 0) is 21.4 Å². The average molecular weight is 492 g/mol. The van der Waals surface area contributed by atoms with Gasteiger partial charge in [0.05, 0.1) is 10.3 Å². The number of pyridine rings is 1. The maximum Gasteiger partial charge on any atom is 0.244 e. The summed E-state index contributed by atoms with van der Waals surface area (Å²) in [5, 5.41) is 3.12. The number of fused-ring (bicyclic) bond motifs is 1. The van der Waals surface area contributed by atoms with Crippen LogP contribution >= 0.6 is 11.8 Å². The molecule has 2 aliphatic rings. The maximum atomic E-state index is 13.0. The van der Waals surface area contributed by atoms with Gasteiger partial charge in [-0.3, -0.25) is 4.79 Å². The highest BCUT2D eigenvalue weighted by molar-refractivity contribution is 8.00. The number of ether oxygens (including phenoxy) is 2. The lowest BCUT2D eigenvalue weighted by Crippen LogP contribution is -2.38. The smallest absolute Gasteiger partial charge is 0.244 e. The van der Waals surface area contributed by atoms with E-state index in [0.717, 1.165) is 31.2 Å². The molecule has 8 nitrogen and oxygen atoms in total. The highest BCUT2D eigenvalue weighted by Crippen LogP contribution is 2.32. The minimum absolute atomic E-state index is 0.0475. The predicted octanol–water partition coefficient (Wildman–Crippen LogP) is 3.56. The van der Waals surface area contributed by atoms with Gasteiger partial charge in [-0.05, 0) is 49.6 Å². The van der Waals surface area contributed by atoms with Gasteiger partial charge in [0.2, 0.25) is 22.7 Å². The Kier molecular flexibility index (Phi) is 7.45. The minimum atomic E-state index is -3.58. The van der Waals surface area contributed by atoms with Gasteiger partial charge < -0.3 is 14.8 Å². The fourth-order valence-electron chi connectivity index (χ4n) is 4.01. The lowest BCUT2D eigenvalue weighted by molar-refractivity contribution is -0.120. The molecule has 1 saturated carbocycles. The summed E-state index contributed by atoms with van der Waals surface area (Å²) in [4.78, 5) is 17.0. The second-order valence-electron chi connectivity index (χ2n) is 8.31. The molecule has 33 heavy (non-hydrogen) atoms. The first-order chi connectivity index (χ1) is 15.8. The SMILES string of the molecule is C[C@H](Sc1ccc(S(=O)(=O)N(C)C2CCCCC2)cn1)C(=O)NCc1ccc2c(c1)OCO2. The molecule has 1 aliphatic heterocycles. The van der Waals surface area contributed by atoms with Crippen molar-refractivity contribution in [2.75, 3.05) is 13.8 Å². The molecular weight excluding hydrogens is 462 g/mol. The zero-order valence-corrected chi connectivity index (χ0v) is 20.5. The number of carbonyl (C=O) groups excluding carboxylic acids is 1. The summed E-state index contributed by atoms with van der Waals surface area (Å²) in [7, 11) is -1.93. The van der Waals surface area contributed by atoms with Crippen molar-refractivity contribution in [3.63, 3.8) is 0 Å². The summed E-state index contributed by atoms with van der Waals surface area (Å²) in [5.41, 5.74) is 0.916. The largest absolute Gasteiger partial charge is 0.454 e. The topological polar surface area (TPSA) is 97.8 Å². The Hall–Kier alpha value is -2.30. The van der Waals surface area contributed by atoms with Crippen LogP contribution in [0, 0.1) is 0 Å². The van der Waals surface area contributed by atoms with Crippen molar-refractivity contribution < 1.29 is 22.7 Å². The molecule has 10 heteroatoms. The molecule has 1 aromatic carbocycles. The van der Waals surface area contributed by atoms with E-state index < -0.39 is 10.0 Å². The molecule has 1 atom stereocenters. The van der Waals surface area contributed by atoms with E-state index in [4.69, 9.17) is 9.47 Å². The van der Waals surface area contributed by atoms with Gasteiger partial charge >= 0.3 is 0 Å². The molecule has 0 saturated heterocycles. The first-order valence-corrected chi connectivity index (χ1v) is 13.4. The van der Waals surface area contributed by atoms with E-state index >= 15 is 0 Å². The summed E-state index contributed by atoms with van der Waals surface area (Å²) in [5.74, 6) is 1.25. The zero-order chi connectivity index (χ0) is 23.4. The normalized spacial score (nSPS) is 17.2. The number of hydrogen-bond donors (Lipinski definition) is 1. The van der Waals surface area contributed by atoms with Gasteiger partial charge in [0.1, 0.15) is 4.90 Å². The molecular formula is C23H29N3O5S2. The number of aromatic nitrogens is 1. The van der Waals surface area contributed by atoms with Crippen LogP contribution in [0.3, 0.4) is 0 Å². The highest BCUT2D eigenvalue weighted by Gasteiger charge is 2.29. The van der Waals surface area contributed by atoms with Crippen LogP contribution in [0.15, 0.2) is 46.5 Å². The molecule has 1 N–H and O–H groups in total. The number of nitrogens with zero attached hydrogens (tertiary/aromatic N) is 2. The quantitative estimate of drug-likeness (QED) is 0.564. The van der Waals surface area contributed by atoms with Crippen molar-refractivity contribution in [3.05, 3.63) is 42.1 Å². The Bertz CT molecular complexity index is 1090. The highest BCUT2D eigenvalue weighted by atomic mass is 32.2. The third-order valence-corrected chi connectivity index (χ3v) is 8.99. The standard InChI is InChI=1S/C23H29N3O5S2/c1-16(23(27)25-13-17-8-10-20-21(12-17)31-15-30-20)32-22-11-9-19(14-24-22)33(28,29)26(2)18-6-4-3-5-7-18/h8-12,14,16,18H,3-7,13,15H2,1-2H3,(H,25,27)/t16-/m0/s1. The molecule has 0 spiro atoms. The number of carbonyl (C=O) groups is 1. The fraction of sp³-hybridized carbons (Fsp3) is 0.478. The van der Waals surface area contributed by atoms with Crippen molar-refractivity contribution >= 4 is 27.7 Å². The van der Waals surface area contributed by atoms with Gasteiger partial charge in [0, 0.05) is 25.8 Å². The number of nitrogens with one attached hydrogen (secondary N) is 1. The van der Waals surface area contributed by atoms with Crippen molar-refractivity contribution in [2.45, 2.75) is 66.8 Å². The molecule has 0 radical (unpaired) electrons. The second kappa shape index (κ2) is 10.3. The Labute approximate surface area is 199 Å². The third-order valence-electron chi connectivity index (χ3n) is 6.05. The van der Waals surface area contributed by atoms with Crippen molar-refractivity contribution in [1.82, 2.24) is 14.6 Å². The second-order valence-corrected chi connectivity index (χ2v) is 11.7. The Morgan fingerprint density at radius 2 is 1.94 bits per heavy atom. The number of thioether (sulfide) groups is 1. The minimum Gasteiger partial charge on any atom is -0.454 e. The zero-order valence-electron chi connectivity index (χ0n) is 18.8.